The van der Waals surface area contributed by atoms with Gasteiger partial charge in [0.1, 0.15) is 4.38 Å². The van der Waals surface area contributed by atoms with Gasteiger partial charge in [-0.15, -0.1) is 0 Å². The Bertz CT molecular complexity index is 116. The van der Waals surface area contributed by atoms with E-state index < -0.39 is 0 Å². The van der Waals surface area contributed by atoms with Gasteiger partial charge < -0.3 is 0 Å². The second-order valence-corrected chi connectivity index (χ2v) is 3.97. The lowest BCUT2D eigenvalue weighted by Crippen LogP contribution is -1.87. The molecule has 4 heteroatoms. The van der Waals surface area contributed by atoms with Crippen LogP contribution in [-0.2, 0) is 5.11 Å². The highest BCUT2D eigenvalue weighted by molar-refractivity contribution is 8.39. The predicted molar refractivity (Wildman–Crippen MR) is 42.8 cm³/mol. The highest BCUT2D eigenvalue weighted by atomic mass is 32.2. The Morgan fingerprint density at radius 1 is 1.78 bits per heavy atom. The van der Waals surface area contributed by atoms with Crippen molar-refractivity contribution >= 4 is 27.9 Å². The molecule has 0 amide bonds. The Kier molecular flexibility index (Phi) is 3.47. The van der Waals surface area contributed by atoms with E-state index >= 15 is 0 Å². The fourth-order valence-electron chi connectivity index (χ4n) is 0.532. The summed E-state index contributed by atoms with van der Waals surface area (Å²) in [5.41, 5.74) is 0. The summed E-state index contributed by atoms with van der Waals surface area (Å²) in [6.07, 6.45) is 0. The Balaban J connectivity index is 2.11. The topological polar surface area (TPSA) is 32.3 Å². The van der Waals surface area contributed by atoms with Crippen molar-refractivity contribution < 1.29 is 5.11 Å². The van der Waals surface area contributed by atoms with Gasteiger partial charge in [0, 0.05) is 11.5 Å². The van der Waals surface area contributed by atoms with Gasteiger partial charge in [0.25, 0.3) is 0 Å². The van der Waals surface area contributed by atoms with E-state index in [2.05, 4.69) is 4.99 Å². The lowest BCUT2D eigenvalue weighted by atomic mass is 10.8. The van der Waals surface area contributed by atoms with Crippen molar-refractivity contribution in [1.29, 1.82) is 0 Å². The van der Waals surface area contributed by atoms with Crippen LogP contribution in [0.15, 0.2) is 4.99 Å². The monoisotopic (exact) mass is 162 g/mol. The normalized spacial score (nSPS) is 18.1. The summed E-state index contributed by atoms with van der Waals surface area (Å²) in [6, 6.07) is 0. The zero-order chi connectivity index (χ0) is 6.53. The molecule has 0 aliphatic carbocycles. The van der Waals surface area contributed by atoms with Crippen molar-refractivity contribution in [1.82, 2.24) is 0 Å². The van der Waals surface area contributed by atoms with Crippen LogP contribution in [0.5, 0.6) is 0 Å². The summed E-state index contributed by atoms with van der Waals surface area (Å²) >= 11 is 3.34. The van der Waals surface area contributed by atoms with Gasteiger partial charge in [-0.1, -0.05) is 23.5 Å². The van der Waals surface area contributed by atoms with Gasteiger partial charge in [0.05, 0.1) is 13.2 Å². The van der Waals surface area contributed by atoms with Crippen LogP contribution in [0.3, 0.4) is 0 Å². The van der Waals surface area contributed by atoms with Gasteiger partial charge in [-0.3, -0.25) is 4.99 Å². The quantitative estimate of drug-likeness (QED) is 0.612. The van der Waals surface area contributed by atoms with E-state index in [1.807, 2.05) is 0 Å². The molecule has 0 atom stereocenters. The van der Waals surface area contributed by atoms with Gasteiger partial charge in [-0.25, -0.2) is 5.11 Å². The SMILES string of the molecule is [O]CCSC1=NCCS1. The summed E-state index contributed by atoms with van der Waals surface area (Å²) in [6.45, 7) is 0.941. The molecule has 1 aliphatic heterocycles. The number of hydrogen-bond donors (Lipinski definition) is 0. The first-order chi connectivity index (χ1) is 4.43. The average Bonchev–Trinajstić information content (AvgIpc) is 2.34. The van der Waals surface area contributed by atoms with Crippen LogP contribution in [0.4, 0.5) is 0 Å². The van der Waals surface area contributed by atoms with Gasteiger partial charge in [0.15, 0.2) is 0 Å². The molecular formula is C5H8NOS2. The minimum Gasteiger partial charge on any atom is -0.271 e. The largest absolute Gasteiger partial charge is 0.271 e. The zero-order valence-corrected chi connectivity index (χ0v) is 6.63. The van der Waals surface area contributed by atoms with Crippen LogP contribution in [0, 0.1) is 0 Å². The molecule has 1 radical (unpaired) electrons. The van der Waals surface area contributed by atoms with E-state index in [4.69, 9.17) is 0 Å². The maximum Gasteiger partial charge on any atom is 0.124 e. The number of rotatable bonds is 2. The van der Waals surface area contributed by atoms with E-state index in [-0.39, 0.29) is 6.61 Å². The highest BCUT2D eigenvalue weighted by Gasteiger charge is 2.05. The van der Waals surface area contributed by atoms with Gasteiger partial charge in [-0.05, 0) is 0 Å². The van der Waals surface area contributed by atoms with Crippen LogP contribution in [0.2, 0.25) is 0 Å². The summed E-state index contributed by atoms with van der Waals surface area (Å²) in [7, 11) is 0. The first-order valence-electron chi connectivity index (χ1n) is 2.81. The molecular weight excluding hydrogens is 154 g/mol. The lowest BCUT2D eigenvalue weighted by molar-refractivity contribution is 0.215. The van der Waals surface area contributed by atoms with Crippen LogP contribution < -0.4 is 0 Å². The zero-order valence-electron chi connectivity index (χ0n) is 5.00. The Hall–Kier alpha value is 0.330. The van der Waals surface area contributed by atoms with E-state index in [0.717, 1.165) is 16.7 Å². The molecule has 1 rings (SSSR count). The molecule has 0 aromatic rings. The van der Waals surface area contributed by atoms with E-state index in [1.54, 1.807) is 23.5 Å². The first kappa shape index (κ1) is 7.44. The third-order valence-corrected chi connectivity index (χ3v) is 3.08. The van der Waals surface area contributed by atoms with Crippen molar-refractivity contribution in [2.45, 2.75) is 0 Å². The van der Waals surface area contributed by atoms with Crippen LogP contribution in [0.1, 0.15) is 0 Å². The summed E-state index contributed by atoms with van der Waals surface area (Å²) < 4.78 is 1.10. The molecule has 9 heavy (non-hydrogen) atoms. The van der Waals surface area contributed by atoms with Crippen molar-refractivity contribution in [3.63, 3.8) is 0 Å². The maximum atomic E-state index is 10.0. The number of thioether (sulfide) groups is 2. The van der Waals surface area contributed by atoms with E-state index in [9.17, 15) is 5.11 Å². The standard InChI is InChI=1S/C5H8NOS2/c7-2-4-9-5-6-1-3-8-5/h1-4H2. The molecule has 0 N–H and O–H groups in total. The smallest absolute Gasteiger partial charge is 0.124 e. The molecule has 0 spiro atoms. The third-order valence-electron chi connectivity index (χ3n) is 0.867. The fourth-order valence-corrected chi connectivity index (χ4v) is 2.35. The van der Waals surface area contributed by atoms with E-state index in [1.165, 1.54) is 0 Å². The predicted octanol–water partition coefficient (Wildman–Crippen LogP) is 1.25. The molecule has 0 saturated carbocycles. The Morgan fingerprint density at radius 3 is 3.22 bits per heavy atom. The second-order valence-electron chi connectivity index (χ2n) is 1.55. The van der Waals surface area contributed by atoms with Gasteiger partial charge >= 0.3 is 0 Å². The molecule has 51 valence electrons. The van der Waals surface area contributed by atoms with Crippen molar-refractivity contribution in [2.75, 3.05) is 24.7 Å². The van der Waals surface area contributed by atoms with Crippen molar-refractivity contribution in [3.8, 4) is 0 Å². The molecule has 1 heterocycles. The van der Waals surface area contributed by atoms with E-state index in [0.29, 0.717) is 5.75 Å². The number of aliphatic imine (C=N–C) groups is 1. The summed E-state index contributed by atoms with van der Waals surface area (Å²) in [5, 5.41) is 10.0. The molecule has 0 aromatic carbocycles. The maximum absolute atomic E-state index is 10.0. The van der Waals surface area contributed by atoms with Gasteiger partial charge in [-0.2, -0.15) is 0 Å². The van der Waals surface area contributed by atoms with Gasteiger partial charge in [0.2, 0.25) is 0 Å². The molecule has 0 aromatic heterocycles. The molecule has 0 unspecified atom stereocenters. The number of nitrogens with zero attached hydrogens (tertiary/aromatic N) is 1. The third kappa shape index (κ3) is 2.60. The molecule has 0 fully saturated rings. The van der Waals surface area contributed by atoms with Crippen LogP contribution in [-0.4, -0.2) is 29.0 Å². The summed E-state index contributed by atoms with van der Waals surface area (Å²) in [5.74, 6) is 1.77. The molecule has 1 aliphatic rings. The Morgan fingerprint density at radius 2 is 2.67 bits per heavy atom. The van der Waals surface area contributed by atoms with Crippen molar-refractivity contribution in [2.24, 2.45) is 4.99 Å². The minimum atomic E-state index is 0.00421. The fraction of sp³-hybridized carbons (Fsp3) is 0.800. The Labute approximate surface area is 63.1 Å². The second kappa shape index (κ2) is 4.19. The highest BCUT2D eigenvalue weighted by Crippen LogP contribution is 2.21. The molecule has 0 saturated heterocycles. The van der Waals surface area contributed by atoms with Crippen LogP contribution >= 0.6 is 23.5 Å². The first-order valence-corrected chi connectivity index (χ1v) is 4.79. The van der Waals surface area contributed by atoms with Crippen molar-refractivity contribution in [3.05, 3.63) is 0 Å². The average molecular weight is 162 g/mol. The lowest BCUT2D eigenvalue weighted by Gasteiger charge is -1.92. The van der Waals surface area contributed by atoms with Crippen LogP contribution in [0.25, 0.3) is 0 Å². The number of hydrogen-bond acceptors (Lipinski definition) is 3. The summed E-state index contributed by atoms with van der Waals surface area (Å²) in [4.78, 5) is 4.18. The minimum absolute atomic E-state index is 0.00421. The molecule has 0 bridgehead atoms. The molecule has 2 nitrogen and oxygen atoms in total.